The molecule has 2 aliphatic heterocycles. The molecule has 0 unspecified atom stereocenters. The zero-order chi connectivity index (χ0) is 21.4. The molecule has 2 aromatic rings. The molecule has 2 heterocycles. The van der Waals surface area contributed by atoms with E-state index < -0.39 is 20.0 Å². The van der Waals surface area contributed by atoms with Crippen LogP contribution in [0.25, 0.3) is 0 Å². The number of aryl methyl sites for hydroxylation is 1. The molecule has 4 rings (SSSR count). The smallest absolute Gasteiger partial charge is 0.243 e. The molecule has 0 aromatic heterocycles. The highest BCUT2D eigenvalue weighted by atomic mass is 32.2. The van der Waals surface area contributed by atoms with Crippen LogP contribution in [-0.2, 0) is 20.0 Å². The fraction of sp³-hybridized carbons (Fsp3) is 0.429. The Morgan fingerprint density at radius 2 is 1.53 bits per heavy atom. The van der Waals surface area contributed by atoms with E-state index in [1.165, 1.54) is 14.7 Å². The van der Waals surface area contributed by atoms with Crippen LogP contribution in [-0.4, -0.2) is 59.6 Å². The lowest BCUT2D eigenvalue weighted by Crippen LogP contribution is -2.48. The number of hydrogen-bond acceptors (Lipinski definition) is 5. The predicted molar refractivity (Wildman–Crippen MR) is 119 cm³/mol. The summed E-state index contributed by atoms with van der Waals surface area (Å²) in [6.07, 6.45) is 1.41. The van der Waals surface area contributed by atoms with Gasteiger partial charge in [0.2, 0.25) is 20.0 Å². The minimum absolute atomic E-state index is 0.102. The summed E-state index contributed by atoms with van der Waals surface area (Å²) >= 11 is 0. The Bertz CT molecular complexity index is 1110. The third-order valence-electron chi connectivity index (χ3n) is 5.79. The molecule has 7 nitrogen and oxygen atoms in total. The first-order valence-electron chi connectivity index (χ1n) is 10.2. The van der Waals surface area contributed by atoms with Gasteiger partial charge in [-0.1, -0.05) is 24.3 Å². The first kappa shape index (κ1) is 21.1. The average Bonchev–Trinajstić information content (AvgIpc) is 2.75. The quantitative estimate of drug-likeness (QED) is 0.717. The molecule has 162 valence electrons. The minimum atomic E-state index is -3.71. The number of benzene rings is 2. The molecule has 0 spiro atoms. The minimum Gasteiger partial charge on any atom is -0.369 e. The molecule has 2 aromatic carbocycles. The van der Waals surface area contributed by atoms with Crippen molar-refractivity contribution in [3.05, 3.63) is 54.1 Å². The number of para-hydroxylation sites is 1. The van der Waals surface area contributed by atoms with Gasteiger partial charge in [-0.25, -0.2) is 16.8 Å². The number of nitrogens with zero attached hydrogens (tertiary/aromatic N) is 3. The number of sulfonamides is 2. The Hall–Kier alpha value is -2.10. The van der Waals surface area contributed by atoms with Crippen LogP contribution in [0.3, 0.4) is 0 Å². The van der Waals surface area contributed by atoms with Gasteiger partial charge in [-0.3, -0.25) is 4.31 Å². The van der Waals surface area contributed by atoms with Gasteiger partial charge in [0.1, 0.15) is 0 Å². The van der Waals surface area contributed by atoms with Gasteiger partial charge in [0.25, 0.3) is 0 Å². The van der Waals surface area contributed by atoms with Crippen molar-refractivity contribution >= 4 is 31.4 Å². The van der Waals surface area contributed by atoms with Crippen molar-refractivity contribution in [3.8, 4) is 0 Å². The summed E-state index contributed by atoms with van der Waals surface area (Å²) in [6.45, 7) is 4.15. The molecule has 2 saturated heterocycles. The highest BCUT2D eigenvalue weighted by molar-refractivity contribution is 7.92. The lowest BCUT2D eigenvalue weighted by atomic mass is 10.2. The van der Waals surface area contributed by atoms with Crippen molar-refractivity contribution in [3.63, 3.8) is 0 Å². The molecular formula is C21H27N3O4S2. The maximum Gasteiger partial charge on any atom is 0.243 e. The van der Waals surface area contributed by atoms with Crippen molar-refractivity contribution in [1.29, 1.82) is 0 Å². The van der Waals surface area contributed by atoms with Crippen LogP contribution in [0.1, 0.15) is 18.4 Å². The Kier molecular flexibility index (Phi) is 5.78. The summed E-state index contributed by atoms with van der Waals surface area (Å²) in [5, 5.41) is 0. The normalized spacial score (nSPS) is 20.3. The van der Waals surface area contributed by atoms with Gasteiger partial charge >= 0.3 is 0 Å². The predicted octanol–water partition coefficient (Wildman–Crippen LogP) is 2.44. The van der Waals surface area contributed by atoms with Gasteiger partial charge in [0.05, 0.1) is 16.3 Å². The fourth-order valence-electron chi connectivity index (χ4n) is 4.07. The second-order valence-electron chi connectivity index (χ2n) is 7.77. The summed E-state index contributed by atoms with van der Waals surface area (Å²) in [6, 6.07) is 14.9. The van der Waals surface area contributed by atoms with Crippen LogP contribution in [0.4, 0.5) is 11.4 Å². The number of hydrogen-bond donors (Lipinski definition) is 0. The van der Waals surface area contributed by atoms with E-state index in [-0.39, 0.29) is 10.6 Å². The molecule has 30 heavy (non-hydrogen) atoms. The van der Waals surface area contributed by atoms with E-state index >= 15 is 0 Å². The van der Waals surface area contributed by atoms with Crippen LogP contribution in [0.2, 0.25) is 0 Å². The summed E-state index contributed by atoms with van der Waals surface area (Å²) in [7, 11) is -7.11. The third kappa shape index (κ3) is 4.06. The molecule has 2 aliphatic rings. The zero-order valence-electron chi connectivity index (χ0n) is 17.1. The van der Waals surface area contributed by atoms with Gasteiger partial charge < -0.3 is 4.90 Å². The van der Waals surface area contributed by atoms with Crippen LogP contribution < -0.4 is 9.21 Å². The maximum absolute atomic E-state index is 13.4. The van der Waals surface area contributed by atoms with Gasteiger partial charge in [-0.15, -0.1) is 0 Å². The van der Waals surface area contributed by atoms with E-state index in [0.29, 0.717) is 50.4 Å². The lowest BCUT2D eigenvalue weighted by molar-refractivity contribution is 0.384. The van der Waals surface area contributed by atoms with Crippen LogP contribution in [0, 0.1) is 6.92 Å². The first-order valence-corrected chi connectivity index (χ1v) is 13.3. The van der Waals surface area contributed by atoms with E-state index in [1.54, 1.807) is 19.1 Å². The molecule has 0 amide bonds. The Morgan fingerprint density at radius 1 is 0.833 bits per heavy atom. The summed E-state index contributed by atoms with van der Waals surface area (Å²) in [4.78, 5) is 2.37. The van der Waals surface area contributed by atoms with Crippen LogP contribution >= 0.6 is 0 Å². The van der Waals surface area contributed by atoms with Crippen LogP contribution in [0.15, 0.2) is 53.4 Å². The van der Waals surface area contributed by atoms with E-state index in [0.717, 1.165) is 12.1 Å². The second-order valence-corrected chi connectivity index (χ2v) is 11.7. The van der Waals surface area contributed by atoms with E-state index in [1.807, 2.05) is 30.3 Å². The van der Waals surface area contributed by atoms with Crippen molar-refractivity contribution in [2.45, 2.75) is 24.7 Å². The number of rotatable bonds is 4. The fourth-order valence-corrected chi connectivity index (χ4v) is 7.36. The maximum atomic E-state index is 13.4. The summed E-state index contributed by atoms with van der Waals surface area (Å²) in [5.74, 6) is 0.102. The van der Waals surface area contributed by atoms with Crippen molar-refractivity contribution < 1.29 is 16.8 Å². The summed E-state index contributed by atoms with van der Waals surface area (Å²) < 4.78 is 54.5. The second kappa shape index (κ2) is 8.20. The standard InChI is InChI=1S/C21H27N3O4S2/c1-18-9-10-20(24-11-5-6-16-29(24,25)26)17-21(18)30(27,28)23-14-12-22(13-15-23)19-7-3-2-4-8-19/h2-4,7-10,17H,5-6,11-16H2,1H3. The van der Waals surface area contributed by atoms with Crippen molar-refractivity contribution in [1.82, 2.24) is 4.31 Å². The summed E-state index contributed by atoms with van der Waals surface area (Å²) in [5.41, 5.74) is 2.14. The largest absolute Gasteiger partial charge is 0.369 e. The van der Waals surface area contributed by atoms with E-state index in [4.69, 9.17) is 0 Å². The molecule has 0 bridgehead atoms. The third-order valence-corrected chi connectivity index (χ3v) is 9.70. The Morgan fingerprint density at radius 3 is 2.20 bits per heavy atom. The van der Waals surface area contributed by atoms with Gasteiger partial charge in [-0.05, 0) is 49.6 Å². The Labute approximate surface area is 179 Å². The van der Waals surface area contributed by atoms with Crippen LogP contribution in [0.5, 0.6) is 0 Å². The Balaban J connectivity index is 1.57. The van der Waals surface area contributed by atoms with Crippen molar-refractivity contribution in [2.24, 2.45) is 0 Å². The van der Waals surface area contributed by atoms with Gasteiger partial charge in [0.15, 0.2) is 0 Å². The lowest BCUT2D eigenvalue weighted by Gasteiger charge is -2.36. The molecule has 0 atom stereocenters. The zero-order valence-corrected chi connectivity index (χ0v) is 18.7. The highest BCUT2D eigenvalue weighted by Gasteiger charge is 2.32. The molecule has 9 heteroatoms. The average molecular weight is 450 g/mol. The first-order chi connectivity index (χ1) is 14.3. The van der Waals surface area contributed by atoms with Gasteiger partial charge in [0, 0.05) is 38.4 Å². The molecule has 0 radical (unpaired) electrons. The van der Waals surface area contributed by atoms with E-state index in [9.17, 15) is 16.8 Å². The highest BCUT2D eigenvalue weighted by Crippen LogP contribution is 2.30. The number of piperazine rings is 1. The van der Waals surface area contributed by atoms with Gasteiger partial charge in [-0.2, -0.15) is 4.31 Å². The monoisotopic (exact) mass is 449 g/mol. The topological polar surface area (TPSA) is 78.0 Å². The molecule has 2 fully saturated rings. The van der Waals surface area contributed by atoms with E-state index in [2.05, 4.69) is 4.90 Å². The molecule has 0 aliphatic carbocycles. The molecule has 0 N–H and O–H groups in total. The van der Waals surface area contributed by atoms with Crippen molar-refractivity contribution in [2.75, 3.05) is 47.7 Å². The number of anilines is 2. The molecular weight excluding hydrogens is 422 g/mol. The SMILES string of the molecule is Cc1ccc(N2CCCCS2(=O)=O)cc1S(=O)(=O)N1CCN(c2ccccc2)CC1. The molecule has 0 saturated carbocycles.